The Bertz CT molecular complexity index is 323. The summed E-state index contributed by atoms with van der Waals surface area (Å²) in [6.07, 6.45) is 1.32. The molecule has 2 rings (SSSR count). The van der Waals surface area contributed by atoms with Crippen molar-refractivity contribution < 1.29 is 19.4 Å². The first-order chi connectivity index (χ1) is 8.35. The molecule has 0 aromatic heterocycles. The predicted octanol–water partition coefficient (Wildman–Crippen LogP) is 1.44. The van der Waals surface area contributed by atoms with Gasteiger partial charge < -0.3 is 14.6 Å². The van der Waals surface area contributed by atoms with Crippen molar-refractivity contribution in [2.75, 3.05) is 7.11 Å². The third-order valence-electron chi connectivity index (χ3n) is 3.47. The van der Waals surface area contributed by atoms with Crippen molar-refractivity contribution in [1.29, 1.82) is 0 Å². The molecule has 1 saturated carbocycles. The molecule has 1 amide bonds. The molecule has 2 fully saturated rings. The molecule has 5 nitrogen and oxygen atoms in total. The van der Waals surface area contributed by atoms with Gasteiger partial charge >= 0.3 is 6.09 Å². The Morgan fingerprint density at radius 1 is 1.39 bits per heavy atom. The molecule has 0 aromatic carbocycles. The van der Waals surface area contributed by atoms with Crippen LogP contribution in [0, 0.1) is 11.8 Å². The second-order valence-electron chi connectivity index (χ2n) is 5.84. The van der Waals surface area contributed by atoms with E-state index in [9.17, 15) is 9.59 Å². The van der Waals surface area contributed by atoms with Crippen molar-refractivity contribution in [3.8, 4) is 0 Å². The van der Waals surface area contributed by atoms with Crippen molar-refractivity contribution in [3.63, 3.8) is 0 Å². The van der Waals surface area contributed by atoms with Gasteiger partial charge in [0.2, 0.25) is 0 Å². The summed E-state index contributed by atoms with van der Waals surface area (Å²) in [5.41, 5.74) is -0.499. The van der Waals surface area contributed by atoms with Crippen LogP contribution < -0.4 is 0 Å². The number of rotatable bonds is 1. The fourth-order valence-electron chi connectivity index (χ4n) is 2.64. The highest BCUT2D eigenvalue weighted by Gasteiger charge is 2.60. The highest BCUT2D eigenvalue weighted by Crippen LogP contribution is 2.52. The van der Waals surface area contributed by atoms with E-state index in [4.69, 9.17) is 9.84 Å². The Kier molecular flexibility index (Phi) is 4.37. The van der Waals surface area contributed by atoms with Gasteiger partial charge in [-0.15, -0.1) is 0 Å². The van der Waals surface area contributed by atoms with E-state index in [1.165, 1.54) is 0 Å². The fourth-order valence-corrected chi connectivity index (χ4v) is 2.64. The molecular weight excluding hydrogens is 234 g/mol. The molecule has 4 atom stereocenters. The maximum atomic E-state index is 12.0. The van der Waals surface area contributed by atoms with Crippen molar-refractivity contribution in [2.24, 2.45) is 11.8 Å². The molecule has 1 aliphatic carbocycles. The number of likely N-dealkylation sites (tertiary alicyclic amines) is 1. The SMILES string of the molecule is CO.C[C@H]1C2C[C@@H](C=O)N(C(=O)OC(C)(C)C)C21. The Hall–Kier alpha value is -1.10. The van der Waals surface area contributed by atoms with Crippen LogP contribution in [-0.4, -0.2) is 47.2 Å². The number of piperidine rings is 1. The van der Waals surface area contributed by atoms with Crippen LogP contribution in [0.3, 0.4) is 0 Å². The molecule has 18 heavy (non-hydrogen) atoms. The van der Waals surface area contributed by atoms with Gasteiger partial charge in [-0.1, -0.05) is 6.92 Å². The summed E-state index contributed by atoms with van der Waals surface area (Å²) in [6, 6.07) is -0.0499. The lowest BCUT2D eigenvalue weighted by molar-refractivity contribution is -0.112. The molecule has 1 saturated heterocycles. The average molecular weight is 257 g/mol. The topological polar surface area (TPSA) is 66.8 Å². The molecule has 0 spiro atoms. The Morgan fingerprint density at radius 2 is 1.94 bits per heavy atom. The largest absolute Gasteiger partial charge is 0.444 e. The predicted molar refractivity (Wildman–Crippen MR) is 67.1 cm³/mol. The third kappa shape index (κ3) is 2.83. The van der Waals surface area contributed by atoms with Crippen LogP contribution in [0.1, 0.15) is 34.1 Å². The van der Waals surface area contributed by atoms with Gasteiger partial charge in [0.05, 0.1) is 6.04 Å². The van der Waals surface area contributed by atoms with E-state index in [2.05, 4.69) is 6.92 Å². The van der Waals surface area contributed by atoms with Crippen LogP contribution in [0.25, 0.3) is 0 Å². The summed E-state index contributed by atoms with van der Waals surface area (Å²) in [7, 11) is 1.00. The summed E-state index contributed by atoms with van der Waals surface area (Å²) in [6.45, 7) is 7.63. The standard InChI is InChI=1S/C12H19NO3.CH4O/c1-7-9-5-8(6-14)13(10(7)9)11(15)16-12(2,3)4;1-2/h6-10H,5H2,1-4H3;2H,1H3/t7-,8-,9?,10?;/m0./s1. The number of aliphatic hydroxyl groups excluding tert-OH is 1. The molecular formula is C13H23NO4. The smallest absolute Gasteiger partial charge is 0.411 e. The number of carbonyl (C=O) groups is 2. The molecule has 0 radical (unpaired) electrons. The van der Waals surface area contributed by atoms with Gasteiger partial charge in [-0.25, -0.2) is 4.79 Å². The minimum atomic E-state index is -0.499. The first kappa shape index (κ1) is 15.0. The summed E-state index contributed by atoms with van der Waals surface area (Å²) in [5.74, 6) is 1.02. The highest BCUT2D eigenvalue weighted by molar-refractivity contribution is 5.76. The number of ether oxygens (including phenoxy) is 1. The molecule has 104 valence electrons. The number of hydrogen-bond acceptors (Lipinski definition) is 4. The van der Waals surface area contributed by atoms with E-state index < -0.39 is 5.60 Å². The molecule has 0 aromatic rings. The molecule has 5 heteroatoms. The molecule has 2 unspecified atom stereocenters. The highest BCUT2D eigenvalue weighted by atomic mass is 16.6. The number of hydrogen-bond donors (Lipinski definition) is 1. The molecule has 0 bridgehead atoms. The quantitative estimate of drug-likeness (QED) is 0.722. The summed E-state index contributed by atoms with van der Waals surface area (Å²) in [5, 5.41) is 7.00. The van der Waals surface area contributed by atoms with Crippen LogP contribution in [0.5, 0.6) is 0 Å². The number of amides is 1. The molecule has 1 heterocycles. The average Bonchev–Trinajstić information content (AvgIpc) is 2.77. The van der Waals surface area contributed by atoms with E-state index in [0.717, 1.165) is 19.8 Å². The number of fused-ring (bicyclic) bond motifs is 1. The van der Waals surface area contributed by atoms with Gasteiger partial charge in [0.25, 0.3) is 0 Å². The minimum absolute atomic E-state index is 0.227. The third-order valence-corrected chi connectivity index (χ3v) is 3.47. The Balaban J connectivity index is 0.000000771. The van der Waals surface area contributed by atoms with E-state index in [-0.39, 0.29) is 18.2 Å². The zero-order valence-corrected chi connectivity index (χ0v) is 11.7. The molecule has 2 aliphatic rings. The summed E-state index contributed by atoms with van der Waals surface area (Å²) < 4.78 is 5.33. The lowest BCUT2D eigenvalue weighted by atomic mass is 10.1. The first-order valence-corrected chi connectivity index (χ1v) is 6.26. The van der Waals surface area contributed by atoms with Crippen LogP contribution in [-0.2, 0) is 9.53 Å². The van der Waals surface area contributed by atoms with Gasteiger partial charge in [0.1, 0.15) is 11.9 Å². The minimum Gasteiger partial charge on any atom is -0.444 e. The van der Waals surface area contributed by atoms with Crippen molar-refractivity contribution in [2.45, 2.75) is 51.8 Å². The number of aldehydes is 1. The van der Waals surface area contributed by atoms with Crippen molar-refractivity contribution >= 4 is 12.4 Å². The van der Waals surface area contributed by atoms with Gasteiger partial charge in [-0.05, 0) is 39.0 Å². The lowest BCUT2D eigenvalue weighted by Crippen LogP contribution is -2.43. The van der Waals surface area contributed by atoms with Crippen LogP contribution in [0.2, 0.25) is 0 Å². The van der Waals surface area contributed by atoms with E-state index >= 15 is 0 Å². The number of carbonyl (C=O) groups excluding carboxylic acids is 2. The van der Waals surface area contributed by atoms with E-state index in [1.54, 1.807) is 4.90 Å². The van der Waals surface area contributed by atoms with E-state index in [0.29, 0.717) is 11.8 Å². The Labute approximate surface area is 108 Å². The van der Waals surface area contributed by atoms with Crippen LogP contribution >= 0.6 is 0 Å². The Morgan fingerprint density at radius 3 is 2.39 bits per heavy atom. The van der Waals surface area contributed by atoms with E-state index in [1.807, 2.05) is 20.8 Å². The van der Waals surface area contributed by atoms with Crippen molar-refractivity contribution in [3.05, 3.63) is 0 Å². The van der Waals surface area contributed by atoms with Gasteiger partial charge in [0, 0.05) is 13.2 Å². The molecule has 1 aliphatic heterocycles. The number of nitrogens with zero attached hydrogens (tertiary/aromatic N) is 1. The van der Waals surface area contributed by atoms with Crippen molar-refractivity contribution in [1.82, 2.24) is 4.90 Å². The zero-order chi connectivity index (χ0) is 14.1. The second kappa shape index (κ2) is 5.26. The monoisotopic (exact) mass is 257 g/mol. The maximum Gasteiger partial charge on any atom is 0.411 e. The van der Waals surface area contributed by atoms with Gasteiger partial charge in [-0.2, -0.15) is 0 Å². The molecule has 1 N–H and O–H groups in total. The second-order valence-corrected chi connectivity index (χ2v) is 5.84. The summed E-state index contributed by atoms with van der Waals surface area (Å²) >= 11 is 0. The van der Waals surface area contributed by atoms with Gasteiger partial charge in [0.15, 0.2) is 0 Å². The maximum absolute atomic E-state index is 12.0. The summed E-state index contributed by atoms with van der Waals surface area (Å²) in [4.78, 5) is 24.5. The zero-order valence-electron chi connectivity index (χ0n) is 11.7. The first-order valence-electron chi connectivity index (χ1n) is 6.26. The fraction of sp³-hybridized carbons (Fsp3) is 0.846. The van der Waals surface area contributed by atoms with Crippen LogP contribution in [0.4, 0.5) is 4.79 Å². The normalized spacial score (nSPS) is 33.1. The lowest BCUT2D eigenvalue weighted by Gasteiger charge is -2.28. The van der Waals surface area contributed by atoms with Crippen LogP contribution in [0.15, 0.2) is 0 Å². The van der Waals surface area contributed by atoms with Gasteiger partial charge in [-0.3, -0.25) is 4.90 Å². The number of aliphatic hydroxyl groups is 1.